The Kier molecular flexibility index (Phi) is 4.25. The summed E-state index contributed by atoms with van der Waals surface area (Å²) in [6, 6.07) is 1.70. The molecule has 1 saturated carbocycles. The van der Waals surface area contributed by atoms with Gasteiger partial charge in [-0.25, -0.2) is 4.98 Å². The van der Waals surface area contributed by atoms with Crippen molar-refractivity contribution in [2.75, 3.05) is 19.8 Å². The summed E-state index contributed by atoms with van der Waals surface area (Å²) in [4.78, 5) is 19.0. The van der Waals surface area contributed by atoms with Crippen molar-refractivity contribution in [2.24, 2.45) is 11.8 Å². The van der Waals surface area contributed by atoms with E-state index in [1.807, 2.05) is 11.1 Å². The Labute approximate surface area is 140 Å². The molecule has 7 heteroatoms. The molecule has 3 heterocycles. The average Bonchev–Trinajstić information content (AvgIpc) is 3.37. The van der Waals surface area contributed by atoms with Gasteiger partial charge in [0, 0.05) is 38.0 Å². The molecule has 1 atom stereocenters. The van der Waals surface area contributed by atoms with Gasteiger partial charge in [-0.05, 0) is 24.8 Å². The van der Waals surface area contributed by atoms with Crippen LogP contribution in [0.5, 0.6) is 0 Å². The van der Waals surface area contributed by atoms with Gasteiger partial charge in [-0.2, -0.15) is 10.2 Å². The minimum Gasteiger partial charge on any atom is -0.381 e. The van der Waals surface area contributed by atoms with E-state index in [2.05, 4.69) is 19.7 Å². The SMILES string of the molecule is O=C(c1ccnnc1)N1Cc2nccn2CC(COCC2CC2)C1. The largest absolute Gasteiger partial charge is 0.381 e. The maximum absolute atomic E-state index is 12.8. The molecule has 4 rings (SSSR count). The van der Waals surface area contributed by atoms with Crippen LogP contribution in [-0.4, -0.2) is 50.3 Å². The normalized spacial score (nSPS) is 20.5. The van der Waals surface area contributed by atoms with Gasteiger partial charge >= 0.3 is 0 Å². The molecule has 0 bridgehead atoms. The number of imidazole rings is 1. The van der Waals surface area contributed by atoms with Crippen molar-refractivity contribution in [3.05, 3.63) is 42.2 Å². The van der Waals surface area contributed by atoms with Crippen LogP contribution >= 0.6 is 0 Å². The van der Waals surface area contributed by atoms with Gasteiger partial charge in [-0.15, -0.1) is 0 Å². The topological polar surface area (TPSA) is 73.1 Å². The molecule has 126 valence electrons. The van der Waals surface area contributed by atoms with E-state index in [0.717, 1.165) is 24.9 Å². The second-order valence-corrected chi connectivity index (χ2v) is 6.66. The van der Waals surface area contributed by atoms with Crippen LogP contribution < -0.4 is 0 Å². The van der Waals surface area contributed by atoms with Gasteiger partial charge in [0.15, 0.2) is 0 Å². The van der Waals surface area contributed by atoms with E-state index in [0.29, 0.717) is 25.3 Å². The van der Waals surface area contributed by atoms with Crippen LogP contribution in [0.1, 0.15) is 29.0 Å². The third kappa shape index (κ3) is 3.46. The number of hydrogen-bond acceptors (Lipinski definition) is 5. The molecule has 0 spiro atoms. The predicted molar refractivity (Wildman–Crippen MR) is 86.0 cm³/mol. The smallest absolute Gasteiger partial charge is 0.255 e. The first-order valence-electron chi connectivity index (χ1n) is 8.43. The summed E-state index contributed by atoms with van der Waals surface area (Å²) in [6.07, 6.45) is 9.40. The first-order valence-corrected chi connectivity index (χ1v) is 8.43. The Hall–Kier alpha value is -2.28. The molecule has 0 saturated heterocycles. The Morgan fingerprint density at radius 2 is 2.04 bits per heavy atom. The van der Waals surface area contributed by atoms with Gasteiger partial charge in [-0.3, -0.25) is 4.79 Å². The molecule has 2 aliphatic rings. The Balaban J connectivity index is 1.49. The molecule has 0 N–H and O–H groups in total. The molecule has 7 nitrogen and oxygen atoms in total. The van der Waals surface area contributed by atoms with E-state index < -0.39 is 0 Å². The molecule has 1 unspecified atom stereocenters. The number of amides is 1. The molecule has 1 amide bonds. The minimum absolute atomic E-state index is 0.0338. The zero-order chi connectivity index (χ0) is 16.4. The third-order valence-electron chi connectivity index (χ3n) is 4.59. The Morgan fingerprint density at radius 1 is 1.17 bits per heavy atom. The van der Waals surface area contributed by atoms with E-state index in [1.54, 1.807) is 18.5 Å². The second kappa shape index (κ2) is 6.68. The fourth-order valence-electron chi connectivity index (χ4n) is 3.09. The van der Waals surface area contributed by atoms with Gasteiger partial charge in [0.1, 0.15) is 5.82 Å². The fourth-order valence-corrected chi connectivity index (χ4v) is 3.09. The van der Waals surface area contributed by atoms with Crippen molar-refractivity contribution in [3.63, 3.8) is 0 Å². The molecule has 0 aromatic carbocycles. The first-order chi connectivity index (χ1) is 11.8. The van der Waals surface area contributed by atoms with Gasteiger partial charge in [0.25, 0.3) is 5.91 Å². The molecular formula is C17H21N5O2. The van der Waals surface area contributed by atoms with Crippen molar-refractivity contribution >= 4 is 5.91 Å². The quantitative estimate of drug-likeness (QED) is 0.829. The zero-order valence-electron chi connectivity index (χ0n) is 13.5. The number of fused-ring (bicyclic) bond motifs is 1. The molecule has 2 aromatic heterocycles. The lowest BCUT2D eigenvalue weighted by molar-refractivity contribution is 0.0571. The third-order valence-corrected chi connectivity index (χ3v) is 4.59. The highest BCUT2D eigenvalue weighted by Gasteiger charge is 2.27. The van der Waals surface area contributed by atoms with Crippen molar-refractivity contribution < 1.29 is 9.53 Å². The van der Waals surface area contributed by atoms with Gasteiger partial charge in [0.05, 0.1) is 31.1 Å². The van der Waals surface area contributed by atoms with E-state index in [-0.39, 0.29) is 11.8 Å². The van der Waals surface area contributed by atoms with Crippen molar-refractivity contribution in [2.45, 2.75) is 25.9 Å². The lowest BCUT2D eigenvalue weighted by Gasteiger charge is -2.24. The second-order valence-electron chi connectivity index (χ2n) is 6.66. The van der Waals surface area contributed by atoms with Gasteiger partial charge < -0.3 is 14.2 Å². The van der Waals surface area contributed by atoms with Crippen LogP contribution in [0.3, 0.4) is 0 Å². The van der Waals surface area contributed by atoms with Crippen LogP contribution in [0.25, 0.3) is 0 Å². The monoisotopic (exact) mass is 327 g/mol. The first kappa shape index (κ1) is 15.3. The molecule has 2 aromatic rings. The molecule has 1 aliphatic carbocycles. The highest BCUT2D eigenvalue weighted by molar-refractivity contribution is 5.93. The summed E-state index contributed by atoms with van der Waals surface area (Å²) in [5, 5.41) is 7.55. The lowest BCUT2D eigenvalue weighted by atomic mass is 10.1. The van der Waals surface area contributed by atoms with Crippen LogP contribution in [0.15, 0.2) is 30.9 Å². The summed E-state index contributed by atoms with van der Waals surface area (Å²) >= 11 is 0. The standard InChI is InChI=1S/C17H21N5O2/c23-17(15-3-4-19-20-7-15)22-9-14(12-24-11-13-1-2-13)8-21-6-5-18-16(21)10-22/h3-7,13-14H,1-2,8-12H2. The number of aromatic nitrogens is 4. The molecule has 24 heavy (non-hydrogen) atoms. The molecule has 1 aliphatic heterocycles. The summed E-state index contributed by atoms with van der Waals surface area (Å²) in [6.45, 7) is 3.52. The summed E-state index contributed by atoms with van der Waals surface area (Å²) < 4.78 is 8.01. The van der Waals surface area contributed by atoms with E-state index in [1.165, 1.54) is 19.0 Å². The van der Waals surface area contributed by atoms with Crippen molar-refractivity contribution in [1.82, 2.24) is 24.6 Å². The minimum atomic E-state index is -0.0338. The molecule has 0 radical (unpaired) electrons. The Bertz CT molecular complexity index is 698. The average molecular weight is 327 g/mol. The fraction of sp³-hybridized carbons (Fsp3) is 0.529. The summed E-state index contributed by atoms with van der Waals surface area (Å²) in [5.74, 6) is 1.89. The maximum Gasteiger partial charge on any atom is 0.255 e. The Morgan fingerprint density at radius 3 is 2.83 bits per heavy atom. The highest BCUT2D eigenvalue weighted by Crippen LogP contribution is 2.29. The van der Waals surface area contributed by atoms with Crippen LogP contribution in [0.4, 0.5) is 0 Å². The maximum atomic E-state index is 12.8. The number of nitrogens with zero attached hydrogens (tertiary/aromatic N) is 5. The van der Waals surface area contributed by atoms with Gasteiger partial charge in [0.2, 0.25) is 0 Å². The van der Waals surface area contributed by atoms with Crippen LogP contribution in [0, 0.1) is 11.8 Å². The number of ether oxygens (including phenoxy) is 1. The molecule has 1 fully saturated rings. The summed E-state index contributed by atoms with van der Waals surface area (Å²) in [5.41, 5.74) is 0.558. The highest BCUT2D eigenvalue weighted by atomic mass is 16.5. The number of hydrogen-bond donors (Lipinski definition) is 0. The predicted octanol–water partition coefficient (Wildman–Crippen LogP) is 1.37. The van der Waals surface area contributed by atoms with E-state index in [4.69, 9.17) is 4.74 Å². The van der Waals surface area contributed by atoms with Crippen LogP contribution in [-0.2, 0) is 17.8 Å². The number of carbonyl (C=O) groups excluding carboxylic acids is 1. The van der Waals surface area contributed by atoms with Crippen molar-refractivity contribution in [3.8, 4) is 0 Å². The lowest BCUT2D eigenvalue weighted by Crippen LogP contribution is -2.35. The zero-order valence-corrected chi connectivity index (χ0v) is 13.5. The van der Waals surface area contributed by atoms with E-state index in [9.17, 15) is 4.79 Å². The number of rotatable bonds is 5. The van der Waals surface area contributed by atoms with Crippen LogP contribution in [0.2, 0.25) is 0 Å². The molecular weight excluding hydrogens is 306 g/mol. The van der Waals surface area contributed by atoms with Crippen molar-refractivity contribution in [1.29, 1.82) is 0 Å². The summed E-state index contributed by atoms with van der Waals surface area (Å²) in [7, 11) is 0. The van der Waals surface area contributed by atoms with E-state index >= 15 is 0 Å². The van der Waals surface area contributed by atoms with Gasteiger partial charge in [-0.1, -0.05) is 0 Å². The number of carbonyl (C=O) groups is 1.